The summed E-state index contributed by atoms with van der Waals surface area (Å²) in [7, 11) is 0. The van der Waals surface area contributed by atoms with Gasteiger partial charge in [-0.3, -0.25) is 4.79 Å². The molecule has 2 rings (SSSR count). The standard InChI is InChI=1S/C12H11NO2S/c1-8-5-10(6-14)3-4-11(8)16-12-13-9(2)7-15-12/h3-7H,1-2H3. The molecule has 0 bridgehead atoms. The number of oxazole rings is 1. The van der Waals surface area contributed by atoms with Crippen LogP contribution in [0.2, 0.25) is 0 Å². The topological polar surface area (TPSA) is 43.1 Å². The molecule has 4 heteroatoms. The fourth-order valence-electron chi connectivity index (χ4n) is 1.33. The van der Waals surface area contributed by atoms with Crippen LogP contribution in [-0.4, -0.2) is 11.3 Å². The second kappa shape index (κ2) is 4.53. The summed E-state index contributed by atoms with van der Waals surface area (Å²) in [4.78, 5) is 15.9. The van der Waals surface area contributed by atoms with Gasteiger partial charge in [-0.2, -0.15) is 0 Å². The molecule has 1 heterocycles. The molecular weight excluding hydrogens is 222 g/mol. The lowest BCUT2D eigenvalue weighted by atomic mass is 10.2. The molecule has 3 nitrogen and oxygen atoms in total. The van der Waals surface area contributed by atoms with Crippen LogP contribution in [0.1, 0.15) is 21.6 Å². The van der Waals surface area contributed by atoms with Crippen LogP contribution in [-0.2, 0) is 0 Å². The highest BCUT2D eigenvalue weighted by atomic mass is 32.2. The molecule has 0 N–H and O–H groups in total. The van der Waals surface area contributed by atoms with Crippen molar-refractivity contribution in [2.75, 3.05) is 0 Å². The van der Waals surface area contributed by atoms with Crippen molar-refractivity contribution in [3.8, 4) is 0 Å². The van der Waals surface area contributed by atoms with E-state index in [2.05, 4.69) is 4.98 Å². The van der Waals surface area contributed by atoms with E-state index in [0.29, 0.717) is 10.8 Å². The monoisotopic (exact) mass is 233 g/mol. The van der Waals surface area contributed by atoms with Crippen LogP contribution in [0.4, 0.5) is 0 Å². The number of carbonyl (C=O) groups is 1. The van der Waals surface area contributed by atoms with Crippen molar-refractivity contribution < 1.29 is 9.21 Å². The van der Waals surface area contributed by atoms with Crippen molar-refractivity contribution in [1.29, 1.82) is 0 Å². The van der Waals surface area contributed by atoms with E-state index in [0.717, 1.165) is 22.4 Å². The maximum Gasteiger partial charge on any atom is 0.260 e. The van der Waals surface area contributed by atoms with Gasteiger partial charge in [0.1, 0.15) is 12.5 Å². The van der Waals surface area contributed by atoms with Gasteiger partial charge < -0.3 is 4.42 Å². The average molecular weight is 233 g/mol. The zero-order valence-electron chi connectivity index (χ0n) is 9.06. The Morgan fingerprint density at radius 3 is 2.75 bits per heavy atom. The van der Waals surface area contributed by atoms with E-state index in [9.17, 15) is 4.79 Å². The largest absolute Gasteiger partial charge is 0.439 e. The second-order valence-corrected chi connectivity index (χ2v) is 4.49. The summed E-state index contributed by atoms with van der Waals surface area (Å²) in [6.07, 6.45) is 2.47. The molecule has 0 aliphatic rings. The predicted molar refractivity (Wildman–Crippen MR) is 61.9 cm³/mol. The molecule has 0 radical (unpaired) electrons. The Labute approximate surface area is 97.9 Å². The quantitative estimate of drug-likeness (QED) is 0.763. The summed E-state index contributed by atoms with van der Waals surface area (Å²) >= 11 is 1.46. The van der Waals surface area contributed by atoms with Crippen LogP contribution in [0.3, 0.4) is 0 Å². The summed E-state index contributed by atoms with van der Waals surface area (Å²) in [5.41, 5.74) is 2.60. The molecule has 0 saturated heterocycles. The van der Waals surface area contributed by atoms with Crippen molar-refractivity contribution in [3.05, 3.63) is 41.3 Å². The number of nitrogens with zero attached hydrogens (tertiary/aromatic N) is 1. The van der Waals surface area contributed by atoms with Crippen LogP contribution in [0.25, 0.3) is 0 Å². The maximum atomic E-state index is 10.6. The molecule has 1 aromatic heterocycles. The van der Waals surface area contributed by atoms with Crippen LogP contribution in [0.15, 0.2) is 39.0 Å². The fraction of sp³-hybridized carbons (Fsp3) is 0.167. The normalized spacial score (nSPS) is 10.4. The minimum atomic E-state index is 0.624. The maximum absolute atomic E-state index is 10.6. The zero-order valence-corrected chi connectivity index (χ0v) is 9.88. The molecule has 0 unspecified atom stereocenters. The number of rotatable bonds is 3. The Morgan fingerprint density at radius 1 is 1.38 bits per heavy atom. The molecule has 82 valence electrons. The third-order valence-electron chi connectivity index (χ3n) is 2.13. The van der Waals surface area contributed by atoms with Gasteiger partial charge in [-0.15, -0.1) is 0 Å². The molecule has 0 fully saturated rings. The molecule has 16 heavy (non-hydrogen) atoms. The van der Waals surface area contributed by atoms with E-state index in [-0.39, 0.29) is 0 Å². The predicted octanol–water partition coefficient (Wildman–Crippen LogP) is 3.26. The number of aryl methyl sites for hydroxylation is 2. The minimum Gasteiger partial charge on any atom is -0.439 e. The lowest BCUT2D eigenvalue weighted by molar-refractivity contribution is 0.112. The first-order chi connectivity index (χ1) is 7.69. The zero-order chi connectivity index (χ0) is 11.5. The lowest BCUT2D eigenvalue weighted by Gasteiger charge is -2.02. The SMILES string of the molecule is Cc1coc(Sc2ccc(C=O)cc2C)n1. The van der Waals surface area contributed by atoms with E-state index in [4.69, 9.17) is 4.42 Å². The van der Waals surface area contributed by atoms with Crippen LogP contribution in [0, 0.1) is 13.8 Å². The van der Waals surface area contributed by atoms with Gasteiger partial charge in [0.2, 0.25) is 0 Å². The first kappa shape index (κ1) is 11.0. The van der Waals surface area contributed by atoms with Crippen molar-refractivity contribution >= 4 is 18.0 Å². The number of benzene rings is 1. The number of aldehydes is 1. The van der Waals surface area contributed by atoms with Crippen molar-refractivity contribution in [1.82, 2.24) is 4.98 Å². The van der Waals surface area contributed by atoms with E-state index in [1.807, 2.05) is 26.0 Å². The highest BCUT2D eigenvalue weighted by Crippen LogP contribution is 2.29. The van der Waals surface area contributed by atoms with Gasteiger partial charge in [-0.1, -0.05) is 6.07 Å². The van der Waals surface area contributed by atoms with E-state index < -0.39 is 0 Å². The molecular formula is C12H11NO2S. The van der Waals surface area contributed by atoms with Gasteiger partial charge in [0.25, 0.3) is 5.22 Å². The number of hydrogen-bond acceptors (Lipinski definition) is 4. The summed E-state index contributed by atoms with van der Waals surface area (Å²) in [5, 5.41) is 0.624. The Kier molecular flexibility index (Phi) is 3.10. The van der Waals surface area contributed by atoms with E-state index in [1.165, 1.54) is 11.8 Å². The van der Waals surface area contributed by atoms with Gasteiger partial charge in [0, 0.05) is 10.5 Å². The van der Waals surface area contributed by atoms with Gasteiger partial charge in [-0.25, -0.2) is 4.98 Å². The summed E-state index contributed by atoms with van der Waals surface area (Å²) in [6, 6.07) is 5.55. The molecule has 2 aromatic rings. The Bertz CT molecular complexity index is 519. The first-order valence-electron chi connectivity index (χ1n) is 4.85. The molecule has 1 aromatic carbocycles. The van der Waals surface area contributed by atoms with Crippen molar-refractivity contribution in [2.45, 2.75) is 24.0 Å². The third-order valence-corrected chi connectivity index (χ3v) is 3.17. The van der Waals surface area contributed by atoms with Crippen LogP contribution in [0.5, 0.6) is 0 Å². The highest BCUT2D eigenvalue weighted by molar-refractivity contribution is 7.99. The first-order valence-corrected chi connectivity index (χ1v) is 5.66. The van der Waals surface area contributed by atoms with Crippen molar-refractivity contribution in [2.24, 2.45) is 0 Å². The Hall–Kier alpha value is -1.55. The minimum absolute atomic E-state index is 0.624. The highest BCUT2D eigenvalue weighted by Gasteiger charge is 2.06. The molecule has 0 atom stereocenters. The Balaban J connectivity index is 2.25. The molecule has 0 aliphatic heterocycles. The molecule has 0 saturated carbocycles. The van der Waals surface area contributed by atoms with E-state index in [1.54, 1.807) is 12.3 Å². The summed E-state index contributed by atoms with van der Waals surface area (Å²) in [6.45, 7) is 3.85. The fourth-order valence-corrected chi connectivity index (χ4v) is 2.16. The second-order valence-electron chi connectivity index (χ2n) is 3.50. The number of carbonyl (C=O) groups excluding carboxylic acids is 1. The van der Waals surface area contributed by atoms with Gasteiger partial charge >= 0.3 is 0 Å². The summed E-state index contributed by atoms with van der Waals surface area (Å²) < 4.78 is 5.26. The van der Waals surface area contributed by atoms with Gasteiger partial charge in [-0.05, 0) is 43.3 Å². The third kappa shape index (κ3) is 2.33. The van der Waals surface area contributed by atoms with Crippen LogP contribution < -0.4 is 0 Å². The summed E-state index contributed by atoms with van der Waals surface area (Å²) in [5.74, 6) is 0. The average Bonchev–Trinajstić information content (AvgIpc) is 2.67. The number of hydrogen-bond donors (Lipinski definition) is 0. The van der Waals surface area contributed by atoms with Crippen LogP contribution >= 0.6 is 11.8 Å². The molecule has 0 amide bonds. The lowest BCUT2D eigenvalue weighted by Crippen LogP contribution is -1.85. The molecule has 0 aliphatic carbocycles. The van der Waals surface area contributed by atoms with Gasteiger partial charge in [0.15, 0.2) is 0 Å². The number of aromatic nitrogens is 1. The van der Waals surface area contributed by atoms with E-state index >= 15 is 0 Å². The van der Waals surface area contributed by atoms with Crippen molar-refractivity contribution in [3.63, 3.8) is 0 Å². The molecule has 0 spiro atoms. The smallest absolute Gasteiger partial charge is 0.260 e. The Morgan fingerprint density at radius 2 is 2.19 bits per heavy atom. The van der Waals surface area contributed by atoms with Gasteiger partial charge in [0.05, 0.1) is 5.69 Å².